The highest BCUT2D eigenvalue weighted by Gasteiger charge is 2.41. The number of amides is 2. The smallest absolute Gasteiger partial charge is 0.335 e. The van der Waals surface area contributed by atoms with Crippen LogP contribution >= 0.6 is 0 Å². The first-order valence-corrected chi connectivity index (χ1v) is 9.98. The number of hydrogen-bond donors (Lipinski definition) is 1. The van der Waals surface area contributed by atoms with Crippen molar-refractivity contribution >= 4 is 17.8 Å². The van der Waals surface area contributed by atoms with Crippen LogP contribution < -0.4 is 0 Å². The van der Waals surface area contributed by atoms with Crippen LogP contribution in [0.4, 0.5) is 0 Å². The standard InChI is InChI=1S/C23H23NO5/c25-21-18-12-11-16(23(27)28)13-19(18)22(26)24(21)20(15-7-3-1-4-8-15)14-29-17-9-5-2-6-10-17/h1,3-4,7-8,11-13,17,20H,2,5-6,9-10,14H2,(H,27,28)/t20-/m1/s1. The summed E-state index contributed by atoms with van der Waals surface area (Å²) in [6.07, 6.45) is 5.60. The van der Waals surface area contributed by atoms with Crippen LogP contribution in [0.1, 0.15) is 74.8 Å². The lowest BCUT2D eigenvalue weighted by atomic mass is 9.97. The van der Waals surface area contributed by atoms with Gasteiger partial charge in [0.15, 0.2) is 0 Å². The van der Waals surface area contributed by atoms with Crippen LogP contribution in [0.5, 0.6) is 0 Å². The lowest BCUT2D eigenvalue weighted by Gasteiger charge is -2.30. The Morgan fingerprint density at radius 1 is 1.00 bits per heavy atom. The Kier molecular flexibility index (Phi) is 5.45. The molecule has 29 heavy (non-hydrogen) atoms. The zero-order valence-corrected chi connectivity index (χ0v) is 16.0. The monoisotopic (exact) mass is 393 g/mol. The van der Waals surface area contributed by atoms with E-state index in [2.05, 4.69) is 0 Å². The highest BCUT2D eigenvalue weighted by atomic mass is 16.5. The van der Waals surface area contributed by atoms with Gasteiger partial charge in [-0.1, -0.05) is 49.6 Å². The summed E-state index contributed by atoms with van der Waals surface area (Å²) in [4.78, 5) is 38.7. The predicted octanol–water partition coefficient (Wildman–Crippen LogP) is 4.07. The van der Waals surface area contributed by atoms with Gasteiger partial charge < -0.3 is 9.84 Å². The third-order valence-electron chi connectivity index (χ3n) is 5.70. The molecule has 1 heterocycles. The molecule has 1 fully saturated rings. The Balaban J connectivity index is 1.64. The van der Waals surface area contributed by atoms with E-state index < -0.39 is 23.8 Å². The van der Waals surface area contributed by atoms with Gasteiger partial charge >= 0.3 is 5.97 Å². The molecule has 2 amide bonds. The summed E-state index contributed by atoms with van der Waals surface area (Å²) in [5.74, 6) is -2.02. The predicted molar refractivity (Wildman–Crippen MR) is 106 cm³/mol. The summed E-state index contributed by atoms with van der Waals surface area (Å²) >= 11 is 0. The molecule has 1 saturated carbocycles. The van der Waals surface area contributed by atoms with Crippen LogP contribution in [0.3, 0.4) is 0 Å². The molecule has 0 spiro atoms. The molecule has 1 atom stereocenters. The fourth-order valence-electron chi connectivity index (χ4n) is 4.13. The first-order valence-electron chi connectivity index (χ1n) is 9.98. The SMILES string of the molecule is O=C(O)c1ccc2c(c1)C(=O)N([C@H](COC1CCCCC1)c1ccccc1)C2=O. The van der Waals surface area contributed by atoms with Gasteiger partial charge in [0.25, 0.3) is 11.8 Å². The van der Waals surface area contributed by atoms with Gasteiger partial charge in [-0.15, -0.1) is 0 Å². The van der Waals surface area contributed by atoms with Crippen molar-refractivity contribution in [2.75, 3.05) is 6.61 Å². The van der Waals surface area contributed by atoms with Crippen LogP contribution in [-0.4, -0.2) is 40.5 Å². The molecule has 1 aliphatic carbocycles. The lowest BCUT2D eigenvalue weighted by Crippen LogP contribution is -2.37. The number of nitrogens with zero attached hydrogens (tertiary/aromatic N) is 1. The van der Waals surface area contributed by atoms with Crippen LogP contribution in [0, 0.1) is 0 Å². The molecule has 2 aromatic carbocycles. The Labute approximate surface area is 169 Å². The fraction of sp³-hybridized carbons (Fsp3) is 0.348. The summed E-state index contributed by atoms with van der Waals surface area (Å²) in [6, 6.07) is 12.9. The van der Waals surface area contributed by atoms with E-state index in [4.69, 9.17) is 4.74 Å². The average Bonchev–Trinajstić information content (AvgIpc) is 3.00. The second kappa shape index (κ2) is 8.17. The minimum absolute atomic E-state index is 0.0125. The number of imide groups is 1. The molecule has 1 N–H and O–H groups in total. The van der Waals surface area contributed by atoms with Gasteiger partial charge in [-0.2, -0.15) is 0 Å². The topological polar surface area (TPSA) is 83.9 Å². The molecule has 2 aliphatic rings. The summed E-state index contributed by atoms with van der Waals surface area (Å²) in [7, 11) is 0. The number of carbonyl (C=O) groups is 3. The van der Waals surface area contributed by atoms with Crippen molar-refractivity contribution in [2.45, 2.75) is 44.2 Å². The Morgan fingerprint density at radius 2 is 1.69 bits per heavy atom. The summed E-state index contributed by atoms with van der Waals surface area (Å²) < 4.78 is 6.13. The number of ether oxygens (including phenoxy) is 1. The van der Waals surface area contributed by atoms with E-state index in [1.807, 2.05) is 30.3 Å². The molecule has 1 aliphatic heterocycles. The van der Waals surface area contributed by atoms with Crippen molar-refractivity contribution < 1.29 is 24.2 Å². The number of carbonyl (C=O) groups excluding carboxylic acids is 2. The first-order chi connectivity index (χ1) is 14.1. The van der Waals surface area contributed by atoms with Crippen LogP contribution in [0.15, 0.2) is 48.5 Å². The summed E-state index contributed by atoms with van der Waals surface area (Å²) in [5.41, 5.74) is 1.17. The van der Waals surface area contributed by atoms with Gasteiger partial charge in [0.05, 0.1) is 35.4 Å². The van der Waals surface area contributed by atoms with E-state index >= 15 is 0 Å². The van der Waals surface area contributed by atoms with E-state index in [1.165, 1.54) is 29.5 Å². The molecule has 0 bridgehead atoms. The van der Waals surface area contributed by atoms with E-state index in [1.54, 1.807) is 0 Å². The Bertz CT molecular complexity index is 934. The summed E-state index contributed by atoms with van der Waals surface area (Å²) in [5, 5.41) is 9.22. The van der Waals surface area contributed by atoms with Gasteiger partial charge in [0, 0.05) is 0 Å². The molecule has 2 aromatic rings. The Morgan fingerprint density at radius 3 is 2.38 bits per heavy atom. The molecule has 6 heteroatoms. The van der Waals surface area contributed by atoms with E-state index in [9.17, 15) is 19.5 Å². The number of hydrogen-bond acceptors (Lipinski definition) is 4. The van der Waals surface area contributed by atoms with Crippen molar-refractivity contribution in [1.29, 1.82) is 0 Å². The molecule has 0 radical (unpaired) electrons. The van der Waals surface area contributed by atoms with E-state index in [-0.39, 0.29) is 29.4 Å². The Hall–Kier alpha value is -2.99. The second-order valence-corrected chi connectivity index (χ2v) is 7.57. The van der Waals surface area contributed by atoms with Crippen LogP contribution in [0.2, 0.25) is 0 Å². The molecular formula is C23H23NO5. The highest BCUT2D eigenvalue weighted by Crippen LogP contribution is 2.33. The van der Waals surface area contributed by atoms with E-state index in [0.29, 0.717) is 0 Å². The molecule has 4 rings (SSSR count). The quantitative estimate of drug-likeness (QED) is 0.748. The number of rotatable bonds is 6. The van der Waals surface area contributed by atoms with Crippen LogP contribution in [0.25, 0.3) is 0 Å². The third kappa shape index (κ3) is 3.80. The molecule has 150 valence electrons. The zero-order chi connectivity index (χ0) is 20.4. The second-order valence-electron chi connectivity index (χ2n) is 7.57. The number of fused-ring (bicyclic) bond motifs is 1. The van der Waals surface area contributed by atoms with Crippen molar-refractivity contribution in [3.8, 4) is 0 Å². The molecule has 6 nitrogen and oxygen atoms in total. The number of carboxylic acids is 1. The minimum atomic E-state index is -1.13. The average molecular weight is 393 g/mol. The van der Waals surface area contributed by atoms with E-state index in [0.717, 1.165) is 31.2 Å². The maximum Gasteiger partial charge on any atom is 0.335 e. The van der Waals surface area contributed by atoms with Crippen LogP contribution in [-0.2, 0) is 4.74 Å². The summed E-state index contributed by atoms with van der Waals surface area (Å²) in [6.45, 7) is 0.228. The number of benzene rings is 2. The molecule has 0 saturated heterocycles. The van der Waals surface area contributed by atoms with Gasteiger partial charge in [0.2, 0.25) is 0 Å². The van der Waals surface area contributed by atoms with Gasteiger partial charge in [0.1, 0.15) is 0 Å². The maximum atomic E-state index is 13.1. The zero-order valence-electron chi connectivity index (χ0n) is 16.0. The number of carboxylic acid groups (broad SMARTS) is 1. The fourth-order valence-corrected chi connectivity index (χ4v) is 4.13. The lowest BCUT2D eigenvalue weighted by molar-refractivity contribution is -0.00386. The van der Waals surface area contributed by atoms with Crippen molar-refractivity contribution in [2.24, 2.45) is 0 Å². The van der Waals surface area contributed by atoms with Crippen molar-refractivity contribution in [1.82, 2.24) is 4.90 Å². The highest BCUT2D eigenvalue weighted by molar-refractivity contribution is 6.22. The molecule has 0 aromatic heterocycles. The minimum Gasteiger partial charge on any atom is -0.478 e. The maximum absolute atomic E-state index is 13.1. The van der Waals surface area contributed by atoms with Crippen molar-refractivity contribution in [3.63, 3.8) is 0 Å². The third-order valence-corrected chi connectivity index (χ3v) is 5.70. The molecule has 0 unspecified atom stereocenters. The largest absolute Gasteiger partial charge is 0.478 e. The van der Waals surface area contributed by atoms with Gasteiger partial charge in [-0.25, -0.2) is 4.79 Å². The first kappa shape index (κ1) is 19.3. The molecular weight excluding hydrogens is 370 g/mol. The van der Waals surface area contributed by atoms with Gasteiger partial charge in [-0.05, 0) is 36.6 Å². The number of aromatic carboxylic acids is 1. The normalized spacial score (nSPS) is 18.0. The van der Waals surface area contributed by atoms with Gasteiger partial charge in [-0.3, -0.25) is 14.5 Å². The van der Waals surface area contributed by atoms with Crippen molar-refractivity contribution in [3.05, 3.63) is 70.8 Å².